The first-order chi connectivity index (χ1) is 10.1. The van der Waals surface area contributed by atoms with Crippen molar-refractivity contribution in [2.75, 3.05) is 26.2 Å². The van der Waals surface area contributed by atoms with Gasteiger partial charge < -0.3 is 5.11 Å². The van der Waals surface area contributed by atoms with Gasteiger partial charge in [0.15, 0.2) is 0 Å². The molecule has 3 heteroatoms. The van der Waals surface area contributed by atoms with E-state index < -0.39 is 0 Å². The maximum atomic E-state index is 9.55. The summed E-state index contributed by atoms with van der Waals surface area (Å²) in [6, 6.07) is 11.9. The van der Waals surface area contributed by atoms with Gasteiger partial charge in [-0.15, -0.1) is 0 Å². The van der Waals surface area contributed by atoms with Crippen LogP contribution in [0.5, 0.6) is 0 Å². The molecule has 0 aliphatic carbocycles. The summed E-state index contributed by atoms with van der Waals surface area (Å²) in [4.78, 5) is 5.01. The molecule has 1 heterocycles. The lowest BCUT2D eigenvalue weighted by Crippen LogP contribution is -2.55. The molecular formula is C18H30N2O. The van der Waals surface area contributed by atoms with E-state index in [0.29, 0.717) is 12.1 Å². The summed E-state index contributed by atoms with van der Waals surface area (Å²) >= 11 is 0. The topological polar surface area (TPSA) is 26.7 Å². The third-order valence-electron chi connectivity index (χ3n) is 4.61. The van der Waals surface area contributed by atoms with Crippen molar-refractivity contribution in [2.24, 2.45) is 0 Å². The summed E-state index contributed by atoms with van der Waals surface area (Å²) in [6.45, 7) is 10.6. The highest BCUT2D eigenvalue weighted by atomic mass is 16.3. The van der Waals surface area contributed by atoms with Gasteiger partial charge in [0, 0.05) is 38.3 Å². The molecule has 3 atom stereocenters. The number of nitrogens with zero attached hydrogens (tertiary/aromatic N) is 2. The number of hydrogen-bond acceptors (Lipinski definition) is 3. The minimum Gasteiger partial charge on any atom is -0.392 e. The number of benzene rings is 1. The van der Waals surface area contributed by atoms with Crippen LogP contribution in [0.3, 0.4) is 0 Å². The molecule has 1 aliphatic heterocycles. The second kappa shape index (κ2) is 7.92. The Labute approximate surface area is 129 Å². The standard InChI is InChI=1S/C18H30N2O/c1-15(9-10-18-7-5-4-6-8-18)19-11-12-20(14-17(3)21)16(2)13-19/h4-8,15-17,21H,9-14H2,1-3H3/t15-,16+,17-/m0/s1. The molecule has 1 fully saturated rings. The molecule has 1 saturated heterocycles. The van der Waals surface area contributed by atoms with Crippen molar-refractivity contribution in [3.8, 4) is 0 Å². The minimum atomic E-state index is -0.227. The van der Waals surface area contributed by atoms with Gasteiger partial charge in [0.25, 0.3) is 0 Å². The molecule has 1 N–H and O–H groups in total. The predicted molar refractivity (Wildman–Crippen MR) is 88.5 cm³/mol. The molecule has 21 heavy (non-hydrogen) atoms. The van der Waals surface area contributed by atoms with Crippen LogP contribution in [-0.2, 0) is 6.42 Å². The molecule has 2 rings (SSSR count). The second-order valence-corrected chi connectivity index (χ2v) is 6.56. The molecule has 0 amide bonds. The van der Waals surface area contributed by atoms with E-state index in [-0.39, 0.29) is 6.10 Å². The number of hydrogen-bond donors (Lipinski definition) is 1. The number of piperazine rings is 1. The molecule has 0 radical (unpaired) electrons. The molecule has 0 saturated carbocycles. The Kier molecular flexibility index (Phi) is 6.22. The average molecular weight is 290 g/mol. The van der Waals surface area contributed by atoms with Crippen LogP contribution in [-0.4, -0.2) is 59.3 Å². The zero-order valence-electron chi connectivity index (χ0n) is 13.7. The van der Waals surface area contributed by atoms with Crippen molar-refractivity contribution in [1.29, 1.82) is 0 Å². The lowest BCUT2D eigenvalue weighted by Gasteiger charge is -2.43. The second-order valence-electron chi connectivity index (χ2n) is 6.56. The van der Waals surface area contributed by atoms with Crippen molar-refractivity contribution >= 4 is 0 Å². The summed E-state index contributed by atoms with van der Waals surface area (Å²) in [5.74, 6) is 0. The van der Waals surface area contributed by atoms with Crippen LogP contribution in [0.15, 0.2) is 30.3 Å². The van der Waals surface area contributed by atoms with E-state index in [1.54, 1.807) is 0 Å². The van der Waals surface area contributed by atoms with Gasteiger partial charge in [-0.05, 0) is 39.2 Å². The third-order valence-corrected chi connectivity index (χ3v) is 4.61. The van der Waals surface area contributed by atoms with E-state index in [2.05, 4.69) is 54.0 Å². The quantitative estimate of drug-likeness (QED) is 0.871. The van der Waals surface area contributed by atoms with Gasteiger partial charge in [-0.1, -0.05) is 30.3 Å². The molecule has 0 spiro atoms. The Morgan fingerprint density at radius 3 is 2.52 bits per heavy atom. The smallest absolute Gasteiger partial charge is 0.0639 e. The minimum absolute atomic E-state index is 0.227. The van der Waals surface area contributed by atoms with Gasteiger partial charge in [0.2, 0.25) is 0 Å². The van der Waals surface area contributed by atoms with Crippen molar-refractivity contribution in [2.45, 2.75) is 51.8 Å². The van der Waals surface area contributed by atoms with Gasteiger partial charge in [0.1, 0.15) is 0 Å². The third kappa shape index (κ3) is 5.10. The molecule has 0 bridgehead atoms. The van der Waals surface area contributed by atoms with Gasteiger partial charge in [-0.2, -0.15) is 0 Å². The van der Waals surface area contributed by atoms with Crippen LogP contribution in [0.2, 0.25) is 0 Å². The van der Waals surface area contributed by atoms with Gasteiger partial charge in [0.05, 0.1) is 6.10 Å². The molecular weight excluding hydrogens is 260 g/mol. The fraction of sp³-hybridized carbons (Fsp3) is 0.667. The Balaban J connectivity index is 1.78. The Hall–Kier alpha value is -0.900. The maximum absolute atomic E-state index is 9.55. The van der Waals surface area contributed by atoms with E-state index in [0.717, 1.165) is 32.6 Å². The van der Waals surface area contributed by atoms with Gasteiger partial charge in [-0.25, -0.2) is 0 Å². The van der Waals surface area contributed by atoms with Crippen LogP contribution in [0.4, 0.5) is 0 Å². The molecule has 0 unspecified atom stereocenters. The lowest BCUT2D eigenvalue weighted by molar-refractivity contribution is 0.0293. The summed E-state index contributed by atoms with van der Waals surface area (Å²) in [5, 5.41) is 9.55. The first-order valence-corrected chi connectivity index (χ1v) is 8.26. The molecule has 1 aromatic rings. The van der Waals surface area contributed by atoms with Crippen LogP contribution in [0, 0.1) is 0 Å². The number of β-amino-alcohol motifs (C(OH)–C–C–N with tert-alkyl or cyclic N) is 1. The maximum Gasteiger partial charge on any atom is 0.0639 e. The molecule has 3 nitrogen and oxygen atoms in total. The Morgan fingerprint density at radius 1 is 1.19 bits per heavy atom. The summed E-state index contributed by atoms with van der Waals surface area (Å²) in [5.41, 5.74) is 1.44. The number of aliphatic hydroxyl groups excluding tert-OH is 1. The number of rotatable bonds is 6. The monoisotopic (exact) mass is 290 g/mol. The molecule has 0 aromatic heterocycles. The first kappa shape index (κ1) is 16.5. The average Bonchev–Trinajstić information content (AvgIpc) is 2.47. The van der Waals surface area contributed by atoms with E-state index in [4.69, 9.17) is 0 Å². The van der Waals surface area contributed by atoms with Crippen molar-refractivity contribution in [1.82, 2.24) is 9.80 Å². The molecule has 1 aliphatic rings. The van der Waals surface area contributed by atoms with E-state index in [1.165, 1.54) is 12.0 Å². The van der Waals surface area contributed by atoms with Crippen molar-refractivity contribution < 1.29 is 5.11 Å². The summed E-state index contributed by atoms with van der Waals surface area (Å²) in [6.07, 6.45) is 2.15. The van der Waals surface area contributed by atoms with E-state index >= 15 is 0 Å². The van der Waals surface area contributed by atoms with Crippen LogP contribution in [0.1, 0.15) is 32.8 Å². The number of aliphatic hydroxyl groups is 1. The largest absolute Gasteiger partial charge is 0.392 e. The fourth-order valence-electron chi connectivity index (χ4n) is 3.24. The van der Waals surface area contributed by atoms with Crippen LogP contribution in [0.25, 0.3) is 0 Å². The van der Waals surface area contributed by atoms with Crippen molar-refractivity contribution in [3.05, 3.63) is 35.9 Å². The predicted octanol–water partition coefficient (Wildman–Crippen LogP) is 2.39. The summed E-state index contributed by atoms with van der Waals surface area (Å²) in [7, 11) is 0. The fourth-order valence-corrected chi connectivity index (χ4v) is 3.24. The highest BCUT2D eigenvalue weighted by Gasteiger charge is 2.26. The first-order valence-electron chi connectivity index (χ1n) is 8.26. The zero-order valence-corrected chi connectivity index (χ0v) is 13.7. The van der Waals surface area contributed by atoms with Gasteiger partial charge in [-0.3, -0.25) is 9.80 Å². The molecule has 118 valence electrons. The normalized spacial score (nSPS) is 23.9. The van der Waals surface area contributed by atoms with Gasteiger partial charge >= 0.3 is 0 Å². The number of aryl methyl sites for hydroxylation is 1. The highest BCUT2D eigenvalue weighted by Crippen LogP contribution is 2.16. The zero-order chi connectivity index (χ0) is 15.2. The van der Waals surface area contributed by atoms with Crippen molar-refractivity contribution in [3.63, 3.8) is 0 Å². The SMILES string of the molecule is C[C@H](O)CN1CCN([C@@H](C)CCc2ccccc2)C[C@H]1C. The molecule has 1 aromatic carbocycles. The van der Waals surface area contributed by atoms with E-state index in [9.17, 15) is 5.11 Å². The Morgan fingerprint density at radius 2 is 1.90 bits per heavy atom. The highest BCUT2D eigenvalue weighted by molar-refractivity contribution is 5.14. The van der Waals surface area contributed by atoms with Crippen LogP contribution < -0.4 is 0 Å². The van der Waals surface area contributed by atoms with Crippen LogP contribution >= 0.6 is 0 Å². The summed E-state index contributed by atoms with van der Waals surface area (Å²) < 4.78 is 0. The Bertz CT molecular complexity index is 407. The lowest BCUT2D eigenvalue weighted by atomic mass is 10.0. The van der Waals surface area contributed by atoms with E-state index in [1.807, 2.05) is 6.92 Å².